The lowest BCUT2D eigenvalue weighted by molar-refractivity contribution is 0.475. The van der Waals surface area contributed by atoms with Crippen LogP contribution in [0.1, 0.15) is 11.3 Å². The van der Waals surface area contributed by atoms with Crippen LogP contribution in [0.4, 0.5) is 0 Å². The van der Waals surface area contributed by atoms with Gasteiger partial charge >= 0.3 is 0 Å². The van der Waals surface area contributed by atoms with Crippen molar-refractivity contribution >= 4 is 33.8 Å². The number of aromatic nitrogens is 1. The van der Waals surface area contributed by atoms with Gasteiger partial charge in [-0.3, -0.25) is 0 Å². The highest BCUT2D eigenvalue weighted by molar-refractivity contribution is 5.95. The van der Waals surface area contributed by atoms with Gasteiger partial charge in [-0.25, -0.2) is 4.98 Å². The van der Waals surface area contributed by atoms with E-state index in [0.29, 0.717) is 0 Å². The van der Waals surface area contributed by atoms with Gasteiger partial charge in [-0.15, -0.1) is 0 Å². The van der Waals surface area contributed by atoms with Crippen molar-refractivity contribution in [3.05, 3.63) is 84.1 Å². The lowest BCUT2D eigenvalue weighted by Crippen LogP contribution is -1.83. The van der Waals surface area contributed by atoms with Crippen molar-refractivity contribution in [2.75, 3.05) is 0 Å². The predicted molar refractivity (Wildman–Crippen MR) is 96.3 cm³/mol. The molecule has 0 bridgehead atoms. The number of aromatic hydroxyl groups is 1. The van der Waals surface area contributed by atoms with Crippen LogP contribution in [-0.4, -0.2) is 10.1 Å². The molecule has 2 heteroatoms. The summed E-state index contributed by atoms with van der Waals surface area (Å²) in [6.45, 7) is 0. The maximum Gasteiger partial charge on any atom is 0.123 e. The molecule has 4 aromatic rings. The fraction of sp³-hybridized carbons (Fsp3) is 0. The van der Waals surface area contributed by atoms with Gasteiger partial charge in [0.1, 0.15) is 5.75 Å². The van der Waals surface area contributed by atoms with E-state index in [-0.39, 0.29) is 5.75 Å². The Kier molecular flexibility index (Phi) is 3.28. The molecular formula is C21H15NO. The normalized spacial score (nSPS) is 11.5. The first kappa shape index (κ1) is 13.5. The van der Waals surface area contributed by atoms with Crippen molar-refractivity contribution in [1.29, 1.82) is 0 Å². The van der Waals surface area contributed by atoms with E-state index in [2.05, 4.69) is 11.1 Å². The van der Waals surface area contributed by atoms with E-state index >= 15 is 0 Å². The van der Waals surface area contributed by atoms with Crippen LogP contribution < -0.4 is 0 Å². The summed E-state index contributed by atoms with van der Waals surface area (Å²) < 4.78 is 0. The first-order valence-electron chi connectivity index (χ1n) is 7.56. The Balaban J connectivity index is 1.79. The molecule has 1 heterocycles. The number of hydrogen-bond acceptors (Lipinski definition) is 2. The van der Waals surface area contributed by atoms with Crippen molar-refractivity contribution in [3.8, 4) is 5.75 Å². The lowest BCUT2D eigenvalue weighted by atomic mass is 10.0. The number of nitrogens with zero attached hydrogens (tertiary/aromatic N) is 1. The van der Waals surface area contributed by atoms with E-state index < -0.39 is 0 Å². The second-order valence-corrected chi connectivity index (χ2v) is 5.48. The van der Waals surface area contributed by atoms with Crippen LogP contribution in [0.5, 0.6) is 5.75 Å². The van der Waals surface area contributed by atoms with Crippen molar-refractivity contribution in [2.24, 2.45) is 0 Å². The SMILES string of the molecule is Oc1ccc2ccccc2c1/C=C/c1ccc2ccccc2n1. The molecule has 4 rings (SSSR count). The van der Waals surface area contributed by atoms with Crippen LogP contribution >= 0.6 is 0 Å². The molecule has 0 amide bonds. The zero-order valence-electron chi connectivity index (χ0n) is 12.5. The Bertz CT molecular complexity index is 1030. The Hall–Kier alpha value is -3.13. The van der Waals surface area contributed by atoms with Gasteiger partial charge in [0, 0.05) is 10.9 Å². The molecule has 0 saturated carbocycles. The topological polar surface area (TPSA) is 33.1 Å². The Morgan fingerprint density at radius 1 is 0.696 bits per heavy atom. The summed E-state index contributed by atoms with van der Waals surface area (Å²) in [5, 5.41) is 13.4. The number of rotatable bonds is 2. The maximum absolute atomic E-state index is 10.2. The third kappa shape index (κ3) is 2.55. The van der Waals surface area contributed by atoms with Crippen LogP contribution in [0.3, 0.4) is 0 Å². The third-order valence-corrected chi connectivity index (χ3v) is 3.99. The van der Waals surface area contributed by atoms with Crippen LogP contribution in [0, 0.1) is 0 Å². The quantitative estimate of drug-likeness (QED) is 0.547. The van der Waals surface area contributed by atoms with Gasteiger partial charge in [-0.05, 0) is 41.1 Å². The Labute approximate surface area is 134 Å². The fourth-order valence-electron chi connectivity index (χ4n) is 2.80. The summed E-state index contributed by atoms with van der Waals surface area (Å²) in [4.78, 5) is 4.63. The zero-order chi connectivity index (χ0) is 15.6. The van der Waals surface area contributed by atoms with Gasteiger partial charge in [0.05, 0.1) is 11.2 Å². The molecule has 0 atom stereocenters. The highest BCUT2D eigenvalue weighted by Crippen LogP contribution is 2.28. The average molecular weight is 297 g/mol. The number of hydrogen-bond donors (Lipinski definition) is 1. The van der Waals surface area contributed by atoms with Crippen LogP contribution in [0.2, 0.25) is 0 Å². The molecular weight excluding hydrogens is 282 g/mol. The zero-order valence-corrected chi connectivity index (χ0v) is 12.5. The number of pyridine rings is 1. The molecule has 0 fully saturated rings. The van der Waals surface area contributed by atoms with Crippen molar-refractivity contribution in [1.82, 2.24) is 4.98 Å². The molecule has 0 aliphatic heterocycles. The first-order valence-corrected chi connectivity index (χ1v) is 7.56. The summed E-state index contributed by atoms with van der Waals surface area (Å²) in [6.07, 6.45) is 3.86. The highest BCUT2D eigenvalue weighted by Gasteiger charge is 2.03. The predicted octanol–water partition coefficient (Wildman–Crippen LogP) is 5.26. The molecule has 0 aliphatic rings. The van der Waals surface area contributed by atoms with Crippen molar-refractivity contribution < 1.29 is 5.11 Å². The molecule has 0 aliphatic carbocycles. The summed E-state index contributed by atoms with van der Waals surface area (Å²) in [5.41, 5.74) is 2.66. The summed E-state index contributed by atoms with van der Waals surface area (Å²) >= 11 is 0. The minimum atomic E-state index is 0.278. The minimum Gasteiger partial charge on any atom is -0.507 e. The fourth-order valence-corrected chi connectivity index (χ4v) is 2.80. The molecule has 3 aromatic carbocycles. The summed E-state index contributed by atoms with van der Waals surface area (Å²) in [7, 11) is 0. The second kappa shape index (κ2) is 5.58. The average Bonchev–Trinajstić information content (AvgIpc) is 2.61. The molecule has 23 heavy (non-hydrogen) atoms. The van der Waals surface area contributed by atoms with Crippen LogP contribution in [-0.2, 0) is 0 Å². The number of para-hydroxylation sites is 1. The largest absolute Gasteiger partial charge is 0.507 e. The smallest absolute Gasteiger partial charge is 0.123 e. The first-order chi connectivity index (χ1) is 11.3. The van der Waals surface area contributed by atoms with E-state index in [1.807, 2.05) is 72.8 Å². The molecule has 1 aromatic heterocycles. The van der Waals surface area contributed by atoms with Crippen LogP contribution in [0.15, 0.2) is 72.8 Å². The molecule has 0 saturated heterocycles. The number of phenolic OH excluding ortho intramolecular Hbond substituents is 1. The number of phenols is 1. The van der Waals surface area contributed by atoms with E-state index in [4.69, 9.17) is 0 Å². The van der Waals surface area contributed by atoms with E-state index in [1.165, 1.54) is 0 Å². The molecule has 0 radical (unpaired) electrons. The van der Waals surface area contributed by atoms with Gasteiger partial charge in [-0.2, -0.15) is 0 Å². The summed E-state index contributed by atoms with van der Waals surface area (Å²) in [5.74, 6) is 0.278. The van der Waals surface area contributed by atoms with Gasteiger partial charge < -0.3 is 5.11 Å². The third-order valence-electron chi connectivity index (χ3n) is 3.99. The monoisotopic (exact) mass is 297 g/mol. The van der Waals surface area contributed by atoms with Gasteiger partial charge in [0.2, 0.25) is 0 Å². The molecule has 2 nitrogen and oxygen atoms in total. The molecule has 0 spiro atoms. The van der Waals surface area contributed by atoms with Crippen molar-refractivity contribution in [2.45, 2.75) is 0 Å². The molecule has 1 N–H and O–H groups in total. The Morgan fingerprint density at radius 3 is 2.35 bits per heavy atom. The Morgan fingerprint density at radius 2 is 1.43 bits per heavy atom. The van der Waals surface area contributed by atoms with Gasteiger partial charge in [0.15, 0.2) is 0 Å². The second-order valence-electron chi connectivity index (χ2n) is 5.48. The van der Waals surface area contributed by atoms with Crippen molar-refractivity contribution in [3.63, 3.8) is 0 Å². The summed E-state index contributed by atoms with van der Waals surface area (Å²) in [6, 6.07) is 23.8. The highest BCUT2D eigenvalue weighted by atomic mass is 16.3. The van der Waals surface area contributed by atoms with Crippen LogP contribution in [0.25, 0.3) is 33.8 Å². The standard InChI is InChI=1S/C21H15NO/c23-21-14-10-15-5-1-3-7-18(15)19(21)13-12-17-11-9-16-6-2-4-8-20(16)22-17/h1-14,23H/b13-12+. The van der Waals surface area contributed by atoms with E-state index in [0.717, 1.165) is 32.9 Å². The van der Waals surface area contributed by atoms with E-state index in [9.17, 15) is 5.11 Å². The van der Waals surface area contributed by atoms with Gasteiger partial charge in [0.25, 0.3) is 0 Å². The molecule has 0 unspecified atom stereocenters. The minimum absolute atomic E-state index is 0.278. The number of fused-ring (bicyclic) bond motifs is 2. The number of benzene rings is 3. The van der Waals surface area contributed by atoms with E-state index in [1.54, 1.807) is 6.07 Å². The molecule has 110 valence electrons. The van der Waals surface area contributed by atoms with Gasteiger partial charge in [-0.1, -0.05) is 54.6 Å². The lowest BCUT2D eigenvalue weighted by Gasteiger charge is -2.05. The maximum atomic E-state index is 10.2.